The summed E-state index contributed by atoms with van der Waals surface area (Å²) in [6.45, 7) is 2.74. The Morgan fingerprint density at radius 2 is 1.89 bits per heavy atom. The third kappa shape index (κ3) is 3.33. The van der Waals surface area contributed by atoms with Crippen LogP contribution in [0.25, 0.3) is 0 Å². The molecule has 3 aliphatic rings. The highest BCUT2D eigenvalue weighted by Gasteiger charge is 2.42. The topological polar surface area (TPSA) is 69.7 Å². The number of nitrogens with one attached hydrogen (secondary N) is 1. The first-order chi connectivity index (χ1) is 13.1. The molecule has 1 saturated carbocycles. The SMILES string of the molecule is C[C@H]1CCCC[C@@H]1NC(=O)CN1C(=O)[C@@H]2CCCN2C(=O)c2ccccc21. The molecule has 1 aliphatic carbocycles. The monoisotopic (exact) mass is 369 g/mol. The van der Waals surface area contributed by atoms with E-state index in [-0.39, 0.29) is 30.3 Å². The van der Waals surface area contributed by atoms with Crippen LogP contribution in [0.2, 0.25) is 0 Å². The molecule has 6 heteroatoms. The minimum absolute atomic E-state index is 0.0311. The van der Waals surface area contributed by atoms with Crippen LogP contribution in [-0.4, -0.2) is 47.8 Å². The summed E-state index contributed by atoms with van der Waals surface area (Å²) in [6.07, 6.45) is 5.95. The normalized spacial score (nSPS) is 27.8. The van der Waals surface area contributed by atoms with Crippen LogP contribution in [0, 0.1) is 5.92 Å². The van der Waals surface area contributed by atoms with Crippen molar-refractivity contribution in [1.82, 2.24) is 10.2 Å². The zero-order chi connectivity index (χ0) is 19.0. The van der Waals surface area contributed by atoms with Crippen molar-refractivity contribution >= 4 is 23.4 Å². The molecule has 27 heavy (non-hydrogen) atoms. The number of carbonyl (C=O) groups is 3. The van der Waals surface area contributed by atoms with E-state index in [1.165, 1.54) is 11.3 Å². The van der Waals surface area contributed by atoms with Crippen LogP contribution in [0.3, 0.4) is 0 Å². The molecule has 0 spiro atoms. The molecule has 3 amide bonds. The van der Waals surface area contributed by atoms with Gasteiger partial charge in [-0.3, -0.25) is 14.4 Å². The van der Waals surface area contributed by atoms with Crippen molar-refractivity contribution in [3.05, 3.63) is 29.8 Å². The zero-order valence-electron chi connectivity index (χ0n) is 15.8. The second kappa shape index (κ2) is 7.33. The lowest BCUT2D eigenvalue weighted by atomic mass is 9.86. The third-order valence-corrected chi connectivity index (χ3v) is 6.25. The quantitative estimate of drug-likeness (QED) is 0.889. The van der Waals surface area contributed by atoms with E-state index >= 15 is 0 Å². The molecule has 1 aromatic rings. The number of amides is 3. The van der Waals surface area contributed by atoms with Gasteiger partial charge in [0.2, 0.25) is 11.8 Å². The van der Waals surface area contributed by atoms with Crippen molar-refractivity contribution < 1.29 is 14.4 Å². The Hall–Kier alpha value is -2.37. The van der Waals surface area contributed by atoms with Crippen molar-refractivity contribution in [2.75, 3.05) is 18.0 Å². The van der Waals surface area contributed by atoms with Crippen molar-refractivity contribution in [1.29, 1.82) is 0 Å². The zero-order valence-corrected chi connectivity index (χ0v) is 15.8. The van der Waals surface area contributed by atoms with Gasteiger partial charge in [-0.2, -0.15) is 0 Å². The number of fused-ring (bicyclic) bond motifs is 2. The average molecular weight is 369 g/mol. The largest absolute Gasteiger partial charge is 0.352 e. The van der Waals surface area contributed by atoms with Gasteiger partial charge in [-0.25, -0.2) is 0 Å². The van der Waals surface area contributed by atoms with Gasteiger partial charge in [0.25, 0.3) is 5.91 Å². The summed E-state index contributed by atoms with van der Waals surface area (Å²) in [5.41, 5.74) is 1.06. The van der Waals surface area contributed by atoms with Gasteiger partial charge in [0.05, 0.1) is 11.3 Å². The van der Waals surface area contributed by atoms with Gasteiger partial charge < -0.3 is 15.1 Å². The molecule has 2 aliphatic heterocycles. The molecule has 3 atom stereocenters. The van der Waals surface area contributed by atoms with E-state index < -0.39 is 6.04 Å². The van der Waals surface area contributed by atoms with E-state index in [2.05, 4.69) is 12.2 Å². The number of nitrogens with zero attached hydrogens (tertiary/aromatic N) is 2. The first-order valence-corrected chi connectivity index (χ1v) is 10.1. The van der Waals surface area contributed by atoms with Gasteiger partial charge in [0, 0.05) is 12.6 Å². The van der Waals surface area contributed by atoms with Crippen molar-refractivity contribution in [3.8, 4) is 0 Å². The van der Waals surface area contributed by atoms with E-state index in [1.807, 2.05) is 6.07 Å². The molecule has 1 saturated heterocycles. The molecule has 0 unspecified atom stereocenters. The lowest BCUT2D eigenvalue weighted by Gasteiger charge is -2.31. The first-order valence-electron chi connectivity index (χ1n) is 10.1. The van der Waals surface area contributed by atoms with Gasteiger partial charge in [0.1, 0.15) is 12.6 Å². The van der Waals surface area contributed by atoms with E-state index in [9.17, 15) is 14.4 Å². The molecule has 1 N–H and O–H groups in total. The van der Waals surface area contributed by atoms with E-state index in [4.69, 9.17) is 0 Å². The standard InChI is InChI=1S/C21H27N3O3/c1-14-7-2-4-9-16(14)22-19(25)13-24-17-10-5-3-8-15(17)20(26)23-12-6-11-18(23)21(24)27/h3,5,8,10,14,16,18H,2,4,6-7,9,11-13H2,1H3,(H,22,25)/t14-,16-,18-/m0/s1. The maximum atomic E-state index is 13.2. The highest BCUT2D eigenvalue weighted by atomic mass is 16.2. The van der Waals surface area contributed by atoms with Crippen LogP contribution < -0.4 is 10.2 Å². The average Bonchev–Trinajstić information content (AvgIpc) is 3.14. The summed E-state index contributed by atoms with van der Waals surface area (Å²) < 4.78 is 0. The number of hydrogen-bond donors (Lipinski definition) is 1. The highest BCUT2D eigenvalue weighted by Crippen LogP contribution is 2.32. The number of para-hydroxylation sites is 1. The van der Waals surface area contributed by atoms with Crippen LogP contribution in [0.1, 0.15) is 55.8 Å². The predicted octanol–water partition coefficient (Wildman–Crippen LogP) is 2.33. The summed E-state index contributed by atoms with van der Waals surface area (Å²) in [5.74, 6) is 0.0698. The molecule has 4 rings (SSSR count). The molecule has 1 aromatic carbocycles. The number of carbonyl (C=O) groups excluding carboxylic acids is 3. The Morgan fingerprint density at radius 1 is 1.11 bits per heavy atom. The number of anilines is 1. The molecule has 144 valence electrons. The van der Waals surface area contributed by atoms with Crippen LogP contribution in [0.15, 0.2) is 24.3 Å². The Labute approximate surface area is 159 Å². The Kier molecular flexibility index (Phi) is 4.89. The third-order valence-electron chi connectivity index (χ3n) is 6.25. The van der Waals surface area contributed by atoms with Crippen LogP contribution in [0.5, 0.6) is 0 Å². The molecule has 0 aromatic heterocycles. The van der Waals surface area contributed by atoms with Gasteiger partial charge in [0.15, 0.2) is 0 Å². The van der Waals surface area contributed by atoms with Crippen LogP contribution in [-0.2, 0) is 9.59 Å². The fourth-order valence-electron chi connectivity index (χ4n) is 4.70. The second-order valence-electron chi connectivity index (χ2n) is 8.03. The maximum Gasteiger partial charge on any atom is 0.256 e. The van der Waals surface area contributed by atoms with Crippen LogP contribution >= 0.6 is 0 Å². The molecule has 0 bridgehead atoms. The summed E-state index contributed by atoms with van der Waals surface area (Å²) in [7, 11) is 0. The summed E-state index contributed by atoms with van der Waals surface area (Å²) in [4.78, 5) is 42.0. The number of rotatable bonds is 3. The van der Waals surface area contributed by atoms with E-state index in [0.717, 1.165) is 25.7 Å². The van der Waals surface area contributed by atoms with E-state index in [1.54, 1.807) is 23.1 Å². The Bertz CT molecular complexity index is 763. The van der Waals surface area contributed by atoms with Gasteiger partial charge in [-0.05, 0) is 43.7 Å². The van der Waals surface area contributed by atoms with Crippen molar-refractivity contribution in [2.45, 2.75) is 57.5 Å². The van der Waals surface area contributed by atoms with Gasteiger partial charge >= 0.3 is 0 Å². The second-order valence-corrected chi connectivity index (χ2v) is 8.03. The predicted molar refractivity (Wildman–Crippen MR) is 102 cm³/mol. The first kappa shape index (κ1) is 18.0. The fraction of sp³-hybridized carbons (Fsp3) is 0.571. The number of benzene rings is 1. The minimum Gasteiger partial charge on any atom is -0.352 e. The van der Waals surface area contributed by atoms with E-state index in [0.29, 0.717) is 30.1 Å². The van der Waals surface area contributed by atoms with Crippen LogP contribution in [0.4, 0.5) is 5.69 Å². The summed E-state index contributed by atoms with van der Waals surface area (Å²) >= 11 is 0. The molecule has 2 heterocycles. The smallest absolute Gasteiger partial charge is 0.256 e. The Balaban J connectivity index is 1.58. The van der Waals surface area contributed by atoms with Crippen molar-refractivity contribution in [3.63, 3.8) is 0 Å². The fourth-order valence-corrected chi connectivity index (χ4v) is 4.70. The molecule has 0 radical (unpaired) electrons. The minimum atomic E-state index is -0.452. The molecule has 6 nitrogen and oxygen atoms in total. The Morgan fingerprint density at radius 3 is 2.70 bits per heavy atom. The number of hydrogen-bond acceptors (Lipinski definition) is 3. The summed E-state index contributed by atoms with van der Waals surface area (Å²) in [6, 6.07) is 6.85. The lowest BCUT2D eigenvalue weighted by Crippen LogP contribution is -2.50. The lowest BCUT2D eigenvalue weighted by molar-refractivity contribution is -0.126. The molecular weight excluding hydrogens is 342 g/mol. The maximum absolute atomic E-state index is 13.2. The molecular formula is C21H27N3O3. The molecule has 2 fully saturated rings. The van der Waals surface area contributed by atoms with Crippen molar-refractivity contribution in [2.24, 2.45) is 5.92 Å². The highest BCUT2D eigenvalue weighted by molar-refractivity contribution is 6.12. The van der Waals surface area contributed by atoms with Gasteiger partial charge in [-0.15, -0.1) is 0 Å². The van der Waals surface area contributed by atoms with Gasteiger partial charge in [-0.1, -0.05) is 31.9 Å². The summed E-state index contributed by atoms with van der Waals surface area (Å²) in [5, 5.41) is 3.13.